The molecule has 4 aliphatic heterocycles. The van der Waals surface area contributed by atoms with Gasteiger partial charge in [0, 0.05) is 47.8 Å². The molecule has 7 aliphatic rings. The van der Waals surface area contributed by atoms with Gasteiger partial charge in [-0.3, -0.25) is 4.79 Å². The van der Waals surface area contributed by atoms with Crippen LogP contribution < -0.4 is 10.6 Å². The summed E-state index contributed by atoms with van der Waals surface area (Å²) in [6, 6.07) is 2.12. The van der Waals surface area contributed by atoms with Crippen molar-refractivity contribution in [3.63, 3.8) is 0 Å². The van der Waals surface area contributed by atoms with E-state index >= 15 is 0 Å². The van der Waals surface area contributed by atoms with Gasteiger partial charge in [-0.2, -0.15) is 0 Å². The van der Waals surface area contributed by atoms with Crippen molar-refractivity contribution >= 4 is 23.3 Å². The van der Waals surface area contributed by atoms with E-state index in [0.29, 0.717) is 23.7 Å². The molecular weight excluding hydrogens is 722 g/mol. The van der Waals surface area contributed by atoms with Crippen LogP contribution in [0.2, 0.25) is 0 Å². The number of hydrogen-bond acceptors (Lipinski definition) is 11. The molecule has 1 aromatic rings. The van der Waals surface area contributed by atoms with Crippen LogP contribution in [0, 0.1) is 41.4 Å². The molecule has 5 bridgehead atoms. The molecule has 0 aromatic carbocycles. The van der Waals surface area contributed by atoms with E-state index in [4.69, 9.17) is 18.9 Å². The summed E-state index contributed by atoms with van der Waals surface area (Å²) in [5.74, 6) is 0.358. The fourth-order valence-electron chi connectivity index (χ4n) is 11.6. The largest absolute Gasteiger partial charge is 0.481 e. The minimum Gasteiger partial charge on any atom is -0.481 e. The number of H-pyrrole nitrogens is 1. The number of fused-ring (bicyclic) bond motifs is 5. The Bertz CT molecular complexity index is 1990. The number of carboxylic acid groups (broad SMARTS) is 1. The van der Waals surface area contributed by atoms with Gasteiger partial charge in [0.2, 0.25) is 5.79 Å². The molecule has 12 unspecified atom stereocenters. The number of ether oxygens (including phenoxy) is 4. The number of methoxy groups -OCH3 is 1. The van der Waals surface area contributed by atoms with Crippen LogP contribution in [0.15, 0.2) is 30.4 Å². The van der Waals surface area contributed by atoms with Crippen molar-refractivity contribution in [2.45, 2.75) is 131 Å². The summed E-state index contributed by atoms with van der Waals surface area (Å²) >= 11 is 0. The maximum absolute atomic E-state index is 13.1. The van der Waals surface area contributed by atoms with E-state index in [1.807, 2.05) is 0 Å². The van der Waals surface area contributed by atoms with Crippen molar-refractivity contribution in [2.75, 3.05) is 20.3 Å². The molecule has 2 saturated heterocycles. The predicted molar refractivity (Wildman–Crippen MR) is 200 cm³/mol. The van der Waals surface area contributed by atoms with Crippen LogP contribution in [0.1, 0.15) is 95.6 Å². The Kier molecular flexibility index (Phi) is 10.1. The maximum Gasteiger partial charge on any atom is 0.333 e. The summed E-state index contributed by atoms with van der Waals surface area (Å²) in [4.78, 5) is 28.6. The molecule has 0 radical (unpaired) electrons. The number of esters is 1. The second-order valence-electron chi connectivity index (χ2n) is 17.2. The van der Waals surface area contributed by atoms with Gasteiger partial charge in [-0.25, -0.2) is 4.79 Å². The Morgan fingerprint density at radius 3 is 2.64 bits per heavy atom. The van der Waals surface area contributed by atoms with E-state index < -0.39 is 83.6 Å². The zero-order chi connectivity index (χ0) is 39.8. The summed E-state index contributed by atoms with van der Waals surface area (Å²) in [5.41, 5.74) is -4.27. The number of aliphatic hydroxyl groups is 5. The first kappa shape index (κ1) is 39.4. The highest BCUT2D eigenvalue weighted by Gasteiger charge is 2.85. The molecule has 3 aliphatic carbocycles. The third kappa shape index (κ3) is 5.47. The number of carbonyl (C=O) groups excluding carboxylic acids is 1. The topological polar surface area (TPSA) is 208 Å². The monoisotopic (exact) mass is 777 g/mol. The number of nitrogens with one attached hydrogen (secondary N) is 1. The minimum absolute atomic E-state index is 0.0325. The normalized spacial score (nSPS) is 40.6. The van der Waals surface area contributed by atoms with Crippen LogP contribution >= 0.6 is 0 Å². The second kappa shape index (κ2) is 14.4. The molecule has 7 N–H and O–H groups in total. The fraction of sp³-hybridized carbons (Fsp3) is 0.674. The minimum atomic E-state index is -2.36. The Balaban J connectivity index is 1.31. The molecular formula is C43H55NO12. The van der Waals surface area contributed by atoms with Gasteiger partial charge >= 0.3 is 11.9 Å². The highest BCUT2D eigenvalue weighted by Crippen LogP contribution is 2.66. The molecule has 8 rings (SSSR count). The van der Waals surface area contributed by atoms with Crippen LogP contribution in [0.5, 0.6) is 0 Å². The van der Waals surface area contributed by atoms with Crippen molar-refractivity contribution < 1.29 is 59.2 Å². The van der Waals surface area contributed by atoms with Gasteiger partial charge in [-0.15, -0.1) is 12.5 Å². The smallest absolute Gasteiger partial charge is 0.333 e. The maximum atomic E-state index is 13.1. The van der Waals surface area contributed by atoms with Crippen molar-refractivity contribution in [2.24, 2.45) is 29.6 Å². The fourth-order valence-corrected chi connectivity index (χ4v) is 11.6. The quantitative estimate of drug-likeness (QED) is 0.103. The summed E-state index contributed by atoms with van der Waals surface area (Å²) < 4.78 is 26.0. The third-order valence-electron chi connectivity index (χ3n) is 14.6. The van der Waals surface area contributed by atoms with Gasteiger partial charge in [0.05, 0.1) is 37.5 Å². The lowest BCUT2D eigenvalue weighted by atomic mass is 9.50. The molecule has 13 heteroatoms. The molecule has 5 heterocycles. The van der Waals surface area contributed by atoms with Crippen molar-refractivity contribution in [1.82, 2.24) is 4.98 Å². The van der Waals surface area contributed by atoms with E-state index in [9.17, 15) is 40.2 Å². The number of aromatic nitrogens is 1. The lowest BCUT2D eigenvalue weighted by molar-refractivity contribution is -0.492. The van der Waals surface area contributed by atoms with Crippen molar-refractivity contribution in [3.8, 4) is 11.8 Å². The summed E-state index contributed by atoms with van der Waals surface area (Å²) in [6.07, 6.45) is 4.51. The van der Waals surface area contributed by atoms with Crippen LogP contribution in [0.4, 0.5) is 0 Å². The first-order valence-electron chi connectivity index (χ1n) is 20.3. The van der Waals surface area contributed by atoms with Crippen LogP contribution in [0.25, 0.3) is 11.3 Å². The van der Waals surface area contributed by atoms with Gasteiger partial charge in [0.25, 0.3) is 0 Å². The molecule has 1 spiro atoms. The van der Waals surface area contributed by atoms with Crippen LogP contribution in [-0.2, 0) is 28.5 Å². The van der Waals surface area contributed by atoms with Gasteiger partial charge in [0.1, 0.15) is 18.0 Å². The molecule has 0 amide bonds. The number of aliphatic hydroxyl groups excluding tert-OH is 4. The predicted octanol–water partition coefficient (Wildman–Crippen LogP) is 1.64. The van der Waals surface area contributed by atoms with Crippen molar-refractivity contribution in [1.29, 1.82) is 0 Å². The Morgan fingerprint density at radius 1 is 1.20 bits per heavy atom. The van der Waals surface area contributed by atoms with E-state index in [2.05, 4.69) is 36.4 Å². The van der Waals surface area contributed by atoms with Gasteiger partial charge in [0.15, 0.2) is 16.8 Å². The summed E-state index contributed by atoms with van der Waals surface area (Å²) in [7, 11) is 1.21. The zero-order valence-corrected chi connectivity index (χ0v) is 32.2. The Hall–Kier alpha value is -3.48. The highest BCUT2D eigenvalue weighted by molar-refractivity contribution is 5.90. The molecule has 56 heavy (non-hydrogen) atoms. The second-order valence-corrected chi connectivity index (χ2v) is 17.2. The van der Waals surface area contributed by atoms with E-state index in [1.54, 1.807) is 0 Å². The van der Waals surface area contributed by atoms with E-state index in [0.717, 1.165) is 29.1 Å². The average molecular weight is 778 g/mol. The molecule has 2 saturated carbocycles. The standard InChI is InChI=1S/C43H55NO12/c1-4-27-29(20-36(48)49)28(38(50)53-3)13-14-33(27)55-43-35(47)18-26-12-8-9-24(21-45)17-34-37-30(19-32(44-37)23(2)25-10-6-5-7-11-25)31-15-16-40(43,52)39(51)42(31,54-34)41(26,22-46)56-43/h4,13,19,23-27,29,33,35,39,44-47,51-52H,1,5-7,9-11,14-18,20-22H2,2-3H3,(H,48,49). The van der Waals surface area contributed by atoms with Gasteiger partial charge < -0.3 is 54.6 Å². The first-order valence-corrected chi connectivity index (χ1v) is 20.3. The number of aliphatic carboxylic acids is 1. The van der Waals surface area contributed by atoms with Crippen molar-refractivity contribution in [3.05, 3.63) is 46.6 Å². The van der Waals surface area contributed by atoms with Gasteiger partial charge in [-0.1, -0.05) is 44.3 Å². The van der Waals surface area contributed by atoms with Crippen LogP contribution in [-0.4, -0.2) is 109 Å². The number of aromatic amines is 1. The SMILES string of the molecule is C=CC1C(OC23OC4(CO)C(C#CCC(CO)CC5=c6[nH]c(C(C)C7CCCCC7)cc6=C6CCC2(O)C(O)C64O5)CC3O)CC=C(C(=O)OC)C1CC(=O)O. The molecule has 12 atom stereocenters. The van der Waals surface area contributed by atoms with E-state index in [1.165, 1.54) is 38.5 Å². The lowest BCUT2D eigenvalue weighted by Crippen LogP contribution is -2.91. The number of carbonyl (C=O) groups is 2. The molecule has 304 valence electrons. The highest BCUT2D eigenvalue weighted by atomic mass is 16.8. The summed E-state index contributed by atoms with van der Waals surface area (Å²) in [6.45, 7) is 5.27. The Morgan fingerprint density at radius 2 is 1.96 bits per heavy atom. The van der Waals surface area contributed by atoms with Crippen LogP contribution in [0.3, 0.4) is 0 Å². The van der Waals surface area contributed by atoms with E-state index in [-0.39, 0.29) is 56.1 Å². The third-order valence-corrected chi connectivity index (χ3v) is 14.6. The number of hydrogen-bond donors (Lipinski definition) is 7. The molecule has 13 nitrogen and oxygen atoms in total. The average Bonchev–Trinajstić information content (AvgIpc) is 3.65. The molecule has 4 fully saturated rings. The number of rotatable bonds is 10. The first-order chi connectivity index (χ1) is 26.8. The number of carboxylic acids is 1. The summed E-state index contributed by atoms with van der Waals surface area (Å²) in [5, 5.41) is 72.0. The van der Waals surface area contributed by atoms with Gasteiger partial charge in [-0.05, 0) is 67.9 Å². The lowest BCUT2D eigenvalue weighted by Gasteiger charge is -2.72. The molecule has 1 aromatic heterocycles. The zero-order valence-electron chi connectivity index (χ0n) is 32.2. The Labute approximate surface area is 326 Å².